The fraction of sp³-hybridized carbons (Fsp3) is 0.636. The number of amides is 2. The molecule has 32 heavy (non-hydrogen) atoms. The number of halogens is 3. The largest absolute Gasteiger partial charge is 0.484 e. The normalized spacial score (nSPS) is 30.8. The van der Waals surface area contributed by atoms with Crippen LogP contribution in [0.4, 0.5) is 13.2 Å². The molecule has 3 saturated carbocycles. The van der Waals surface area contributed by atoms with E-state index in [1.807, 2.05) is 0 Å². The third kappa shape index (κ3) is 5.01. The summed E-state index contributed by atoms with van der Waals surface area (Å²) in [6.45, 7) is 1.71. The van der Waals surface area contributed by atoms with Crippen molar-refractivity contribution in [2.24, 2.45) is 0 Å². The Balaban J connectivity index is 1.13. The molecular weight excluding hydrogens is 427 g/mol. The summed E-state index contributed by atoms with van der Waals surface area (Å²) >= 11 is 0. The maximum atomic E-state index is 13.5. The summed E-state index contributed by atoms with van der Waals surface area (Å²) in [4.78, 5) is 24.4. The molecule has 7 nitrogen and oxygen atoms in total. The van der Waals surface area contributed by atoms with Crippen LogP contribution in [0.1, 0.15) is 37.7 Å². The van der Waals surface area contributed by atoms with E-state index in [0.29, 0.717) is 37.8 Å². The number of alkyl halides is 2. The van der Waals surface area contributed by atoms with Gasteiger partial charge in [-0.1, -0.05) is 6.07 Å². The van der Waals surface area contributed by atoms with Crippen LogP contribution in [0.5, 0.6) is 5.75 Å². The first-order valence-electron chi connectivity index (χ1n) is 10.8. The van der Waals surface area contributed by atoms with Gasteiger partial charge < -0.3 is 25.4 Å². The number of benzene rings is 1. The Morgan fingerprint density at radius 3 is 2.44 bits per heavy atom. The van der Waals surface area contributed by atoms with Crippen LogP contribution >= 0.6 is 0 Å². The van der Waals surface area contributed by atoms with Crippen molar-refractivity contribution in [2.75, 3.05) is 19.8 Å². The van der Waals surface area contributed by atoms with Gasteiger partial charge in [-0.2, -0.15) is 0 Å². The van der Waals surface area contributed by atoms with Crippen LogP contribution in [0.3, 0.4) is 0 Å². The van der Waals surface area contributed by atoms with E-state index in [0.717, 1.165) is 0 Å². The van der Waals surface area contributed by atoms with E-state index in [2.05, 4.69) is 16.0 Å². The smallest absolute Gasteiger partial charge is 0.258 e. The van der Waals surface area contributed by atoms with Crippen LogP contribution in [-0.2, 0) is 14.3 Å². The molecule has 0 radical (unpaired) electrons. The molecular formula is C22H28F3N3O4. The van der Waals surface area contributed by atoms with Crippen molar-refractivity contribution < 1.29 is 32.2 Å². The first-order chi connectivity index (χ1) is 15.2. The molecule has 176 valence electrons. The van der Waals surface area contributed by atoms with E-state index in [-0.39, 0.29) is 54.4 Å². The number of hydrogen-bond donors (Lipinski definition) is 3. The number of ether oxygens (including phenoxy) is 2. The van der Waals surface area contributed by atoms with Crippen LogP contribution in [-0.4, -0.2) is 61.2 Å². The molecule has 1 aromatic carbocycles. The maximum Gasteiger partial charge on any atom is 0.258 e. The highest BCUT2D eigenvalue weighted by Crippen LogP contribution is 2.60. The van der Waals surface area contributed by atoms with Crippen LogP contribution in [0.2, 0.25) is 0 Å². The average Bonchev–Trinajstić information content (AvgIpc) is 2.71. The second-order valence-electron chi connectivity index (χ2n) is 9.24. The predicted octanol–water partition coefficient (Wildman–Crippen LogP) is 1.82. The zero-order chi connectivity index (χ0) is 22.9. The molecule has 2 bridgehead atoms. The highest BCUT2D eigenvalue weighted by atomic mass is 19.3. The molecule has 1 heterocycles. The number of aryl methyl sites for hydroxylation is 1. The summed E-state index contributed by atoms with van der Waals surface area (Å²) in [7, 11) is 0. The molecule has 2 amide bonds. The lowest BCUT2D eigenvalue weighted by Crippen LogP contribution is -2.84. The fourth-order valence-electron chi connectivity index (χ4n) is 4.98. The average molecular weight is 455 g/mol. The molecule has 1 aliphatic heterocycles. The van der Waals surface area contributed by atoms with E-state index in [1.54, 1.807) is 19.1 Å². The minimum Gasteiger partial charge on any atom is -0.484 e. The van der Waals surface area contributed by atoms with Gasteiger partial charge in [-0.15, -0.1) is 0 Å². The van der Waals surface area contributed by atoms with Gasteiger partial charge in [0.05, 0.1) is 12.1 Å². The third-order valence-corrected chi connectivity index (χ3v) is 6.50. The summed E-state index contributed by atoms with van der Waals surface area (Å²) < 4.78 is 50.1. The van der Waals surface area contributed by atoms with Crippen molar-refractivity contribution in [2.45, 2.75) is 68.7 Å². The summed E-state index contributed by atoms with van der Waals surface area (Å²) in [6.07, 6.45) is -0.171. The molecule has 1 saturated heterocycles. The molecule has 4 aliphatic rings. The first-order valence-corrected chi connectivity index (χ1v) is 10.8. The fourth-order valence-corrected chi connectivity index (χ4v) is 4.98. The van der Waals surface area contributed by atoms with Gasteiger partial charge in [0.15, 0.2) is 6.61 Å². The van der Waals surface area contributed by atoms with E-state index in [9.17, 15) is 22.8 Å². The molecule has 3 aliphatic carbocycles. The van der Waals surface area contributed by atoms with Crippen molar-refractivity contribution in [1.82, 2.24) is 16.0 Å². The van der Waals surface area contributed by atoms with Gasteiger partial charge in [0, 0.05) is 17.1 Å². The number of rotatable bonds is 9. The molecule has 2 atom stereocenters. The van der Waals surface area contributed by atoms with Gasteiger partial charge in [0.1, 0.15) is 18.2 Å². The first kappa shape index (κ1) is 22.8. The van der Waals surface area contributed by atoms with E-state index < -0.39 is 18.3 Å². The van der Waals surface area contributed by atoms with E-state index in [4.69, 9.17) is 9.47 Å². The number of carbonyl (C=O) groups is 2. The molecule has 2 unspecified atom stereocenters. The number of nitrogens with one attached hydrogen (secondary N) is 3. The Kier molecular flexibility index (Phi) is 6.35. The predicted molar refractivity (Wildman–Crippen MR) is 109 cm³/mol. The second-order valence-corrected chi connectivity index (χ2v) is 9.24. The molecule has 5 rings (SSSR count). The van der Waals surface area contributed by atoms with Gasteiger partial charge >= 0.3 is 0 Å². The molecule has 0 spiro atoms. The number of carbonyl (C=O) groups excluding carboxylic acids is 2. The van der Waals surface area contributed by atoms with Crippen molar-refractivity contribution in [3.05, 3.63) is 29.6 Å². The summed E-state index contributed by atoms with van der Waals surface area (Å²) in [5.41, 5.74) is -0.178. The Morgan fingerprint density at radius 1 is 1.16 bits per heavy atom. The third-order valence-electron chi connectivity index (χ3n) is 6.50. The van der Waals surface area contributed by atoms with Crippen LogP contribution < -0.4 is 20.7 Å². The van der Waals surface area contributed by atoms with Crippen molar-refractivity contribution in [3.8, 4) is 5.75 Å². The van der Waals surface area contributed by atoms with Gasteiger partial charge in [0.25, 0.3) is 12.3 Å². The van der Waals surface area contributed by atoms with Gasteiger partial charge in [-0.3, -0.25) is 9.59 Å². The van der Waals surface area contributed by atoms with Gasteiger partial charge in [-0.05, 0) is 57.2 Å². The van der Waals surface area contributed by atoms with Gasteiger partial charge in [-0.25, -0.2) is 13.2 Å². The highest BCUT2D eigenvalue weighted by molar-refractivity contribution is 5.81. The maximum absolute atomic E-state index is 13.5. The minimum absolute atomic E-state index is 0.164. The molecule has 3 N–H and O–H groups in total. The van der Waals surface area contributed by atoms with Crippen LogP contribution in [0.25, 0.3) is 0 Å². The van der Waals surface area contributed by atoms with Crippen LogP contribution in [0.15, 0.2) is 18.2 Å². The second kappa shape index (κ2) is 8.90. The zero-order valence-electron chi connectivity index (χ0n) is 17.9. The summed E-state index contributed by atoms with van der Waals surface area (Å²) in [6, 6.07) is 3.54. The molecule has 1 aromatic rings. The Hall–Kier alpha value is -2.33. The Labute approximate surface area is 184 Å². The van der Waals surface area contributed by atoms with Crippen molar-refractivity contribution >= 4 is 11.8 Å². The van der Waals surface area contributed by atoms with E-state index >= 15 is 0 Å². The molecule has 0 aromatic heterocycles. The topological polar surface area (TPSA) is 88.7 Å². The Morgan fingerprint density at radius 2 is 1.81 bits per heavy atom. The van der Waals surface area contributed by atoms with Gasteiger partial charge in [0.2, 0.25) is 5.91 Å². The minimum atomic E-state index is -2.45. The monoisotopic (exact) mass is 455 g/mol. The van der Waals surface area contributed by atoms with E-state index in [1.165, 1.54) is 6.07 Å². The van der Waals surface area contributed by atoms with Crippen LogP contribution in [0, 0.1) is 12.7 Å². The molecule has 10 heteroatoms. The van der Waals surface area contributed by atoms with Crippen molar-refractivity contribution in [1.29, 1.82) is 0 Å². The lowest BCUT2D eigenvalue weighted by Gasteiger charge is -2.70. The highest BCUT2D eigenvalue weighted by Gasteiger charge is 2.69. The van der Waals surface area contributed by atoms with Crippen molar-refractivity contribution in [3.63, 3.8) is 0 Å². The number of piperidine rings is 1. The number of hydrogen-bond acceptors (Lipinski definition) is 5. The SMILES string of the molecule is Cc1ccc(OCC(=O)NC23CC(NC(=O)COC4CCNC(C(F)F)C4)(C2)C3)cc1F. The quantitative estimate of drug-likeness (QED) is 0.529. The standard InChI is InChI=1S/C22H28F3N3O4/c1-13-2-3-14(6-16(13)23)31-8-18(29)27-21-10-22(11-21,12-21)28-19(30)9-32-15-4-5-26-17(7-15)20(24)25/h2-3,6,15,17,20,26H,4-5,7-12H2,1H3,(H,27,29)(H,28,30). The lowest BCUT2D eigenvalue weighted by molar-refractivity contribution is -0.154. The zero-order valence-corrected chi connectivity index (χ0v) is 17.9. The lowest BCUT2D eigenvalue weighted by atomic mass is 9.44. The summed E-state index contributed by atoms with van der Waals surface area (Å²) in [5, 5.41) is 8.63. The Bertz CT molecular complexity index is 862. The molecule has 4 fully saturated rings. The summed E-state index contributed by atoms with van der Waals surface area (Å²) in [5.74, 6) is -0.675.